The molecule has 94 heavy (non-hydrogen) atoms. The van der Waals surface area contributed by atoms with E-state index in [2.05, 4.69) is 73.1 Å². The normalized spacial score (nSPS) is 16.0. The fraction of sp³-hybridized carbons (Fsp3) is 0.655. The van der Waals surface area contributed by atoms with Gasteiger partial charge in [0.15, 0.2) is 11.9 Å². The Kier molecular flexibility index (Phi) is 35.4. The molecule has 13 amide bonds. The Labute approximate surface area is 541 Å². The summed E-state index contributed by atoms with van der Waals surface area (Å²) >= 11 is 0. The summed E-state index contributed by atoms with van der Waals surface area (Å²) in [7, 11) is 0. The number of H-pyrrole nitrogens is 1. The largest absolute Gasteiger partial charge is 0.480 e. The number of hydrogen-bond acceptors (Lipinski definition) is 20. The van der Waals surface area contributed by atoms with Gasteiger partial charge in [-0.25, -0.2) is 9.78 Å². The maximum absolute atomic E-state index is 14.0. The van der Waals surface area contributed by atoms with Gasteiger partial charge in [-0.2, -0.15) is 0 Å². The van der Waals surface area contributed by atoms with Gasteiger partial charge in [0.25, 0.3) is 0 Å². The Morgan fingerprint density at radius 3 is 1.60 bits per heavy atom. The lowest BCUT2D eigenvalue weighted by Gasteiger charge is -2.28. The molecule has 0 spiro atoms. The summed E-state index contributed by atoms with van der Waals surface area (Å²) in [6.45, 7) is -2.18. The van der Waals surface area contributed by atoms with Crippen LogP contribution < -0.4 is 99.0 Å². The average Bonchev–Trinajstić information content (AvgIpc) is 1.68. The number of hydrogen-bond donors (Lipinski definition) is 20. The fourth-order valence-corrected chi connectivity index (χ4v) is 9.90. The predicted octanol–water partition coefficient (Wildman–Crippen LogP) is -10.0. The van der Waals surface area contributed by atoms with Crippen LogP contribution in [0.1, 0.15) is 108 Å². The summed E-state index contributed by atoms with van der Waals surface area (Å²) in [5, 5.41) is 34.2. The van der Waals surface area contributed by atoms with Gasteiger partial charge in [-0.15, -0.1) is 0 Å². The quantitative estimate of drug-likeness (QED) is 0.0164. The third-order valence-corrected chi connectivity index (χ3v) is 14.8. The minimum Gasteiger partial charge on any atom is -0.480 e. The summed E-state index contributed by atoms with van der Waals surface area (Å²) in [6, 6.07) is -9.82. The number of aromatic nitrogens is 2. The van der Waals surface area contributed by atoms with Crippen molar-refractivity contribution >= 4 is 94.7 Å². The number of aliphatic imine (C=N–C) groups is 2. The summed E-state index contributed by atoms with van der Waals surface area (Å²) in [6.07, 6.45) is 5.65. The van der Waals surface area contributed by atoms with E-state index < -0.39 is 170 Å². The van der Waals surface area contributed by atoms with Crippen molar-refractivity contribution in [2.75, 3.05) is 72.0 Å². The van der Waals surface area contributed by atoms with Crippen LogP contribution in [0.15, 0.2) is 22.5 Å². The zero-order chi connectivity index (χ0) is 69.7. The van der Waals surface area contributed by atoms with Gasteiger partial charge in [0, 0.05) is 50.9 Å². The molecule has 28 N–H and O–H groups in total. The van der Waals surface area contributed by atoms with Crippen LogP contribution in [-0.2, 0) is 73.5 Å². The van der Waals surface area contributed by atoms with Crippen molar-refractivity contribution in [1.82, 2.24) is 72.9 Å². The smallest absolute Gasteiger partial charge is 0.326 e. The number of carboxylic acid groups (broad SMARTS) is 1. The number of nitrogens with one attached hydrogen (secondary N) is 11. The van der Waals surface area contributed by atoms with Gasteiger partial charge in [0.2, 0.25) is 76.8 Å². The number of primary amides is 1. The molecular weight excluding hydrogens is 1240 g/mol. The average molecular weight is 1330 g/mol. The Morgan fingerprint density at radius 1 is 0.532 bits per heavy atom. The summed E-state index contributed by atoms with van der Waals surface area (Å²) < 4.78 is 0. The molecule has 8 atom stereocenters. The topological polar surface area (TPSA) is 648 Å². The Balaban J connectivity index is 1.59. The van der Waals surface area contributed by atoms with Crippen LogP contribution >= 0.6 is 0 Å². The van der Waals surface area contributed by atoms with Crippen molar-refractivity contribution in [3.05, 3.63) is 18.2 Å². The second kappa shape index (κ2) is 42.4. The van der Waals surface area contributed by atoms with Gasteiger partial charge in [-0.3, -0.25) is 72.3 Å². The first-order valence-electron chi connectivity index (χ1n) is 31.0. The molecule has 2 aliphatic rings. The minimum atomic E-state index is -1.50. The van der Waals surface area contributed by atoms with Gasteiger partial charge < -0.3 is 119 Å². The second-order valence-corrected chi connectivity index (χ2v) is 22.3. The van der Waals surface area contributed by atoms with Crippen LogP contribution in [0.25, 0.3) is 0 Å². The van der Waals surface area contributed by atoms with E-state index in [1.165, 1.54) is 22.3 Å². The van der Waals surface area contributed by atoms with Gasteiger partial charge >= 0.3 is 5.97 Å². The van der Waals surface area contributed by atoms with E-state index in [4.69, 9.17) is 45.9 Å². The van der Waals surface area contributed by atoms with Crippen LogP contribution in [0.5, 0.6) is 0 Å². The van der Waals surface area contributed by atoms with Crippen LogP contribution in [0, 0.1) is 0 Å². The van der Waals surface area contributed by atoms with Crippen LogP contribution in [0.3, 0.4) is 0 Å². The van der Waals surface area contributed by atoms with Crippen LogP contribution in [0.4, 0.5) is 0 Å². The van der Waals surface area contributed by atoms with Crippen LogP contribution in [0.2, 0.25) is 0 Å². The van der Waals surface area contributed by atoms with E-state index in [9.17, 15) is 72.2 Å². The second-order valence-electron chi connectivity index (χ2n) is 22.3. The molecule has 2 saturated heterocycles. The molecule has 0 saturated carbocycles. The van der Waals surface area contributed by atoms with Crippen molar-refractivity contribution in [2.45, 2.75) is 157 Å². The summed E-state index contributed by atoms with van der Waals surface area (Å²) in [5.74, 6) is -12.0. The molecule has 1 aromatic rings. The van der Waals surface area contributed by atoms with E-state index in [1.807, 2.05) is 0 Å². The molecule has 0 aliphatic carbocycles. The van der Waals surface area contributed by atoms with Crippen molar-refractivity contribution in [1.29, 1.82) is 0 Å². The number of unbranched alkanes of at least 4 members (excludes halogenated alkanes) is 2. The molecule has 39 nitrogen and oxygen atoms in total. The molecule has 0 unspecified atom stereocenters. The highest BCUT2D eigenvalue weighted by Gasteiger charge is 2.40. The maximum atomic E-state index is 14.0. The molecule has 2 fully saturated rings. The Hall–Kier alpha value is -9.79. The number of imidazole rings is 1. The Bertz CT molecular complexity index is 2800. The van der Waals surface area contributed by atoms with Crippen molar-refractivity contribution < 1.29 is 72.2 Å². The number of guanidine groups is 2. The van der Waals surface area contributed by atoms with Crippen molar-refractivity contribution in [2.24, 2.45) is 55.9 Å². The first-order chi connectivity index (χ1) is 44.7. The van der Waals surface area contributed by atoms with E-state index in [1.54, 1.807) is 0 Å². The lowest BCUT2D eigenvalue weighted by atomic mass is 10.1. The highest BCUT2D eigenvalue weighted by atomic mass is 16.4. The first-order valence-corrected chi connectivity index (χ1v) is 31.0. The third kappa shape index (κ3) is 29.7. The van der Waals surface area contributed by atoms with Crippen LogP contribution in [-0.4, -0.2) is 240 Å². The maximum Gasteiger partial charge on any atom is 0.326 e. The van der Waals surface area contributed by atoms with Crippen molar-refractivity contribution in [3.8, 4) is 0 Å². The number of aliphatic carboxylic acids is 1. The SMILES string of the molecule is NCCCC[C@H](NC(=O)[C@H](CCC(N)=O)NC(=O)[C@@H]1CCCN1C(=O)CNC(=O)CNC(=O)[C@@H]1CCCN1C(=O)[C@H](Cc1cnc[nH]1)NC(=O)CNC(=O)[C@@H](N)CCCCN)C(=O)NCC(=O)NCC(=O)N[C@@H](CCCN=C(N)N)C(=O)N[C@@H](CCCN=C(N)N)C(=O)O. The lowest BCUT2D eigenvalue weighted by Crippen LogP contribution is -2.57. The number of nitrogens with two attached hydrogens (primary N) is 8. The molecule has 3 rings (SSSR count). The standard InChI is InChI=1S/C55H94N24O15/c56-17-3-1-9-32(58)46(86)69-28-44(84)74-37(23-31-24-64-30-72-31)52(92)79-22-8-13-38(79)50(90)71-26-42(82)68-29-45(85)78-21-7-14-39(78)51(91)76-35(15-16-40(59)80)49(89)75-33(10-2-4-18-57)47(87)70-25-41(81)67-27-43(83)73-34(11-5-19-65-54(60)61)48(88)77-36(53(93)94)12-6-20-66-55(62)63/h24,30,32-39H,1-23,25-29,56-58H2,(H2,59,80)(H,64,72)(H,67,81)(H,68,82)(H,69,86)(H,70,87)(H,71,90)(H,73,83)(H,74,84)(H,75,89)(H,76,91)(H,77,88)(H,93,94)(H4,60,61,65)(H4,62,63,66)/t32-,33-,34-,35-,36-,37-,38-,39-/m0/s1. The van der Waals surface area contributed by atoms with Gasteiger partial charge in [0.05, 0.1) is 45.1 Å². The summed E-state index contributed by atoms with van der Waals surface area (Å²) in [5.41, 5.74) is 44.4. The third-order valence-electron chi connectivity index (χ3n) is 14.8. The minimum absolute atomic E-state index is 0.0213. The highest BCUT2D eigenvalue weighted by molar-refractivity contribution is 5.98. The van der Waals surface area contributed by atoms with E-state index >= 15 is 0 Å². The summed E-state index contributed by atoms with van der Waals surface area (Å²) in [4.78, 5) is 201. The molecule has 0 radical (unpaired) electrons. The number of nitrogens with zero attached hydrogens (tertiary/aromatic N) is 5. The number of carbonyl (C=O) groups is 14. The number of carboxylic acids is 1. The van der Waals surface area contributed by atoms with Gasteiger partial charge in [-0.05, 0) is 103 Å². The zero-order valence-electron chi connectivity index (χ0n) is 52.6. The van der Waals surface area contributed by atoms with E-state index in [0.29, 0.717) is 57.2 Å². The predicted molar refractivity (Wildman–Crippen MR) is 336 cm³/mol. The number of amides is 13. The molecule has 2 aliphatic heterocycles. The molecule has 0 aromatic carbocycles. The number of likely N-dealkylation sites (tertiary alicyclic amines) is 2. The van der Waals surface area contributed by atoms with E-state index in [0.717, 1.165) is 0 Å². The first kappa shape index (κ1) is 78.5. The molecule has 39 heteroatoms. The monoisotopic (exact) mass is 1330 g/mol. The number of rotatable bonds is 44. The van der Waals surface area contributed by atoms with Gasteiger partial charge in [0.1, 0.15) is 42.3 Å². The molecular formula is C55H94N24O15. The number of carbonyl (C=O) groups excluding carboxylic acids is 13. The van der Waals surface area contributed by atoms with Gasteiger partial charge in [-0.1, -0.05) is 6.42 Å². The molecule has 1 aromatic heterocycles. The Morgan fingerprint density at radius 2 is 1.02 bits per heavy atom. The molecule has 524 valence electrons. The molecule has 3 heterocycles. The fourth-order valence-electron chi connectivity index (χ4n) is 9.90. The zero-order valence-corrected chi connectivity index (χ0v) is 52.6. The van der Waals surface area contributed by atoms with E-state index in [-0.39, 0.29) is 102 Å². The lowest BCUT2D eigenvalue weighted by molar-refractivity contribution is -0.142. The number of aromatic amines is 1. The highest BCUT2D eigenvalue weighted by Crippen LogP contribution is 2.21. The van der Waals surface area contributed by atoms with Crippen molar-refractivity contribution in [3.63, 3.8) is 0 Å². The molecule has 0 bridgehead atoms.